The molecule has 0 spiro atoms. The number of nitrogens with zero attached hydrogens (tertiary/aromatic N) is 2. The van der Waals surface area contributed by atoms with Crippen LogP contribution in [-0.2, 0) is 10.0 Å². The van der Waals surface area contributed by atoms with Crippen LogP contribution in [0, 0.1) is 0 Å². The Morgan fingerprint density at radius 2 is 2.24 bits per heavy atom. The summed E-state index contributed by atoms with van der Waals surface area (Å²) in [5.41, 5.74) is 6.07. The van der Waals surface area contributed by atoms with Crippen LogP contribution in [0.1, 0.15) is 12.0 Å². The number of anilines is 1. The molecule has 0 aliphatic heterocycles. The highest BCUT2D eigenvalue weighted by Crippen LogP contribution is 2.09. The predicted molar refractivity (Wildman–Crippen MR) is 69.0 cm³/mol. The maximum Gasteiger partial charge on any atom is 0.209 e. The molecule has 0 aliphatic carbocycles. The molecule has 0 unspecified atom stereocenters. The summed E-state index contributed by atoms with van der Waals surface area (Å²) >= 11 is 4.84. The fraction of sp³-hybridized carbons (Fsp3) is 0.375. The summed E-state index contributed by atoms with van der Waals surface area (Å²) < 4.78 is 21.4. The number of sulfonamides is 1. The summed E-state index contributed by atoms with van der Waals surface area (Å²) in [5.74, 6) is 0.345. The van der Waals surface area contributed by atoms with Crippen LogP contribution in [0.4, 0.5) is 5.82 Å². The van der Waals surface area contributed by atoms with Gasteiger partial charge in [-0.2, -0.15) is 5.10 Å². The van der Waals surface area contributed by atoms with E-state index in [1.165, 1.54) is 6.20 Å². The van der Waals surface area contributed by atoms with Crippen molar-refractivity contribution in [2.24, 2.45) is 10.9 Å². The molecule has 0 aliphatic rings. The lowest BCUT2D eigenvalue weighted by molar-refractivity contribution is 0.595. The van der Waals surface area contributed by atoms with Gasteiger partial charge >= 0.3 is 0 Å². The van der Waals surface area contributed by atoms with E-state index in [0.717, 1.165) is 0 Å². The standard InChI is InChI=1S/C8H13N5O2S2/c9-7(16)6-2-4-12-13-8(6)11-3-1-5-17(10,14)15/h2,4H,1,3,5H2,(H2,9,16)(H,11,13)(H2,10,14,15). The molecule has 1 heterocycles. The normalized spacial score (nSPS) is 11.1. The Bertz CT molecular complexity index is 502. The van der Waals surface area contributed by atoms with E-state index in [1.807, 2.05) is 0 Å². The van der Waals surface area contributed by atoms with Crippen molar-refractivity contribution in [2.75, 3.05) is 17.6 Å². The maximum absolute atomic E-state index is 10.7. The Kier molecular flexibility index (Phi) is 4.73. The monoisotopic (exact) mass is 275 g/mol. The van der Waals surface area contributed by atoms with E-state index < -0.39 is 10.0 Å². The quantitative estimate of drug-likeness (QED) is 0.458. The van der Waals surface area contributed by atoms with E-state index in [4.69, 9.17) is 23.1 Å². The molecule has 1 aromatic rings. The summed E-state index contributed by atoms with van der Waals surface area (Å²) in [5, 5.41) is 15.3. The molecule has 1 aromatic heterocycles. The van der Waals surface area contributed by atoms with Gasteiger partial charge in [0, 0.05) is 6.54 Å². The van der Waals surface area contributed by atoms with Gasteiger partial charge < -0.3 is 11.1 Å². The third kappa shape index (κ3) is 5.02. The van der Waals surface area contributed by atoms with E-state index >= 15 is 0 Å². The second-order valence-electron chi connectivity index (χ2n) is 3.31. The van der Waals surface area contributed by atoms with E-state index in [9.17, 15) is 8.42 Å². The molecule has 0 saturated heterocycles. The van der Waals surface area contributed by atoms with E-state index in [0.29, 0.717) is 24.3 Å². The summed E-state index contributed by atoms with van der Waals surface area (Å²) in [6.45, 7) is 0.394. The van der Waals surface area contributed by atoms with E-state index in [2.05, 4.69) is 15.5 Å². The first-order chi connectivity index (χ1) is 7.90. The minimum Gasteiger partial charge on any atom is -0.389 e. The van der Waals surface area contributed by atoms with Crippen molar-refractivity contribution in [2.45, 2.75) is 6.42 Å². The Morgan fingerprint density at radius 1 is 1.53 bits per heavy atom. The number of aromatic nitrogens is 2. The lowest BCUT2D eigenvalue weighted by Crippen LogP contribution is -2.20. The van der Waals surface area contributed by atoms with Gasteiger partial charge in [-0.15, -0.1) is 5.10 Å². The molecule has 1 rings (SSSR count). The van der Waals surface area contributed by atoms with Crippen LogP contribution in [-0.4, -0.2) is 35.9 Å². The number of nitrogens with two attached hydrogens (primary N) is 2. The van der Waals surface area contributed by atoms with E-state index in [1.54, 1.807) is 6.07 Å². The fourth-order valence-corrected chi connectivity index (χ4v) is 1.85. The molecular formula is C8H13N5O2S2. The second kappa shape index (κ2) is 5.84. The summed E-state index contributed by atoms with van der Waals surface area (Å²) in [6.07, 6.45) is 1.84. The minimum atomic E-state index is -3.43. The molecule has 0 saturated carbocycles. The van der Waals surface area contributed by atoms with Crippen molar-refractivity contribution in [1.29, 1.82) is 0 Å². The van der Waals surface area contributed by atoms with Crippen LogP contribution in [0.5, 0.6) is 0 Å². The SMILES string of the molecule is NC(=S)c1ccnnc1NCCCS(N)(=O)=O. The third-order valence-electron chi connectivity index (χ3n) is 1.88. The zero-order valence-electron chi connectivity index (χ0n) is 8.96. The molecule has 0 amide bonds. The number of hydrogen-bond acceptors (Lipinski definition) is 6. The van der Waals surface area contributed by atoms with Crippen molar-refractivity contribution >= 4 is 33.0 Å². The Hall–Kier alpha value is -1.32. The lowest BCUT2D eigenvalue weighted by atomic mass is 10.3. The van der Waals surface area contributed by atoms with Crippen molar-refractivity contribution in [3.8, 4) is 0 Å². The van der Waals surface area contributed by atoms with Gasteiger partial charge in [0.1, 0.15) is 4.99 Å². The number of rotatable bonds is 6. The highest BCUT2D eigenvalue weighted by atomic mass is 32.2. The zero-order valence-corrected chi connectivity index (χ0v) is 10.6. The summed E-state index contributed by atoms with van der Waals surface area (Å²) in [6, 6.07) is 1.64. The Labute approximate surface area is 105 Å². The number of primary sulfonamides is 1. The van der Waals surface area contributed by atoms with Gasteiger partial charge in [-0.05, 0) is 12.5 Å². The average molecular weight is 275 g/mol. The molecule has 17 heavy (non-hydrogen) atoms. The molecular weight excluding hydrogens is 262 g/mol. The van der Waals surface area contributed by atoms with Crippen molar-refractivity contribution < 1.29 is 8.42 Å². The zero-order chi connectivity index (χ0) is 12.9. The van der Waals surface area contributed by atoms with Gasteiger partial charge in [-0.25, -0.2) is 13.6 Å². The number of hydrogen-bond donors (Lipinski definition) is 3. The topological polar surface area (TPSA) is 124 Å². The molecule has 7 nitrogen and oxygen atoms in total. The molecule has 0 atom stereocenters. The Balaban J connectivity index is 2.55. The average Bonchev–Trinajstić information content (AvgIpc) is 2.23. The summed E-state index contributed by atoms with van der Waals surface area (Å²) in [7, 11) is -3.43. The molecule has 9 heteroatoms. The number of thiocarbonyl (C=S) groups is 1. The van der Waals surface area contributed by atoms with Gasteiger partial charge in [0.25, 0.3) is 0 Å². The van der Waals surface area contributed by atoms with Crippen LogP contribution in [0.3, 0.4) is 0 Å². The van der Waals surface area contributed by atoms with Crippen molar-refractivity contribution in [3.05, 3.63) is 17.8 Å². The second-order valence-corrected chi connectivity index (χ2v) is 5.48. The van der Waals surface area contributed by atoms with Crippen molar-refractivity contribution in [1.82, 2.24) is 10.2 Å². The van der Waals surface area contributed by atoms with Gasteiger partial charge in [0.15, 0.2) is 5.82 Å². The van der Waals surface area contributed by atoms with Gasteiger partial charge in [-0.1, -0.05) is 12.2 Å². The lowest BCUT2D eigenvalue weighted by Gasteiger charge is -2.08. The minimum absolute atomic E-state index is 0.0946. The van der Waals surface area contributed by atoms with Crippen LogP contribution in [0.15, 0.2) is 12.3 Å². The Morgan fingerprint density at radius 3 is 2.82 bits per heavy atom. The first kappa shape index (κ1) is 13.7. The largest absolute Gasteiger partial charge is 0.389 e. The van der Waals surface area contributed by atoms with Gasteiger partial charge in [0.2, 0.25) is 10.0 Å². The van der Waals surface area contributed by atoms with Crippen molar-refractivity contribution in [3.63, 3.8) is 0 Å². The molecule has 94 valence electrons. The van der Waals surface area contributed by atoms with Crippen LogP contribution < -0.4 is 16.2 Å². The smallest absolute Gasteiger partial charge is 0.209 e. The first-order valence-corrected chi connectivity index (χ1v) is 6.88. The molecule has 0 fully saturated rings. The fourth-order valence-electron chi connectivity index (χ4n) is 1.14. The molecule has 0 aromatic carbocycles. The number of nitrogens with one attached hydrogen (secondary N) is 1. The maximum atomic E-state index is 10.7. The highest BCUT2D eigenvalue weighted by molar-refractivity contribution is 7.89. The molecule has 0 bridgehead atoms. The predicted octanol–water partition coefficient (Wildman–Crippen LogP) is -0.799. The van der Waals surface area contributed by atoms with Crippen LogP contribution in [0.25, 0.3) is 0 Å². The summed E-state index contributed by atoms with van der Waals surface area (Å²) in [4.78, 5) is 0.203. The van der Waals surface area contributed by atoms with Crippen LogP contribution in [0.2, 0.25) is 0 Å². The third-order valence-corrected chi connectivity index (χ3v) is 2.96. The first-order valence-electron chi connectivity index (χ1n) is 4.76. The molecule has 0 radical (unpaired) electrons. The van der Waals surface area contributed by atoms with Gasteiger partial charge in [0.05, 0.1) is 17.5 Å². The van der Waals surface area contributed by atoms with Crippen LogP contribution >= 0.6 is 12.2 Å². The highest BCUT2D eigenvalue weighted by Gasteiger charge is 2.07. The molecule has 5 N–H and O–H groups in total. The van der Waals surface area contributed by atoms with E-state index in [-0.39, 0.29) is 10.7 Å². The van der Waals surface area contributed by atoms with Gasteiger partial charge in [-0.3, -0.25) is 0 Å².